The van der Waals surface area contributed by atoms with Crippen molar-refractivity contribution in [3.05, 3.63) is 29.3 Å². The second kappa shape index (κ2) is 5.52. The fourth-order valence-corrected chi connectivity index (χ4v) is 2.27. The summed E-state index contributed by atoms with van der Waals surface area (Å²) in [5, 5.41) is 12.3. The van der Waals surface area contributed by atoms with Gasteiger partial charge >= 0.3 is 0 Å². The number of nitrogen functional groups attached to an aromatic ring is 1. The van der Waals surface area contributed by atoms with E-state index in [1.807, 2.05) is 0 Å². The number of aliphatic hydroxyl groups is 1. The summed E-state index contributed by atoms with van der Waals surface area (Å²) in [6.45, 7) is 0. The Morgan fingerprint density at radius 2 is 1.95 bits per heavy atom. The lowest BCUT2D eigenvalue weighted by molar-refractivity contribution is 0.0714. The van der Waals surface area contributed by atoms with Gasteiger partial charge in [0.2, 0.25) is 0 Å². The number of rotatable bonds is 2. The van der Waals surface area contributed by atoms with E-state index in [4.69, 9.17) is 5.73 Å². The number of halogens is 2. The standard InChI is InChI=1S/C13H16F2N2O2/c14-8-6-9(15)10(16)5-7(8)13(19)17-11-3-1-2-4-12(11)18/h5-6,11-12,18H,1-4,16H2,(H,17,19). The maximum atomic E-state index is 13.5. The highest BCUT2D eigenvalue weighted by Crippen LogP contribution is 2.20. The Kier molecular flexibility index (Phi) is 3.99. The minimum atomic E-state index is -0.963. The Morgan fingerprint density at radius 3 is 2.63 bits per heavy atom. The van der Waals surface area contributed by atoms with Gasteiger partial charge in [-0.15, -0.1) is 0 Å². The first-order chi connectivity index (χ1) is 8.99. The topological polar surface area (TPSA) is 75.4 Å². The summed E-state index contributed by atoms with van der Waals surface area (Å²) in [5.41, 5.74) is 4.73. The largest absolute Gasteiger partial charge is 0.396 e. The Labute approximate surface area is 109 Å². The quantitative estimate of drug-likeness (QED) is 0.714. The molecule has 0 heterocycles. The third kappa shape index (κ3) is 3.01. The maximum Gasteiger partial charge on any atom is 0.254 e. The number of anilines is 1. The second-order valence-corrected chi connectivity index (χ2v) is 4.79. The summed E-state index contributed by atoms with van der Waals surface area (Å²) >= 11 is 0. The third-order valence-electron chi connectivity index (χ3n) is 3.38. The summed E-state index contributed by atoms with van der Waals surface area (Å²) in [7, 11) is 0. The van der Waals surface area contributed by atoms with Crippen molar-refractivity contribution in [3.63, 3.8) is 0 Å². The van der Waals surface area contributed by atoms with E-state index in [1.54, 1.807) is 0 Å². The van der Waals surface area contributed by atoms with Gasteiger partial charge in [0.25, 0.3) is 5.91 Å². The smallest absolute Gasteiger partial charge is 0.254 e. The second-order valence-electron chi connectivity index (χ2n) is 4.79. The molecule has 19 heavy (non-hydrogen) atoms. The number of carbonyl (C=O) groups excluding carboxylic acids is 1. The minimum Gasteiger partial charge on any atom is -0.396 e. The number of hydrogen-bond donors (Lipinski definition) is 3. The van der Waals surface area contributed by atoms with E-state index < -0.39 is 29.7 Å². The highest BCUT2D eigenvalue weighted by molar-refractivity contribution is 5.95. The Hall–Kier alpha value is -1.69. The molecule has 0 aliphatic heterocycles. The highest BCUT2D eigenvalue weighted by atomic mass is 19.1. The molecule has 1 amide bonds. The van der Waals surface area contributed by atoms with Crippen LogP contribution in [-0.4, -0.2) is 23.2 Å². The van der Waals surface area contributed by atoms with Gasteiger partial charge in [0.15, 0.2) is 0 Å². The summed E-state index contributed by atoms with van der Waals surface area (Å²) in [5.74, 6) is -2.54. The van der Waals surface area contributed by atoms with Crippen LogP contribution in [0.15, 0.2) is 12.1 Å². The van der Waals surface area contributed by atoms with Crippen molar-refractivity contribution in [3.8, 4) is 0 Å². The molecule has 2 unspecified atom stereocenters. The van der Waals surface area contributed by atoms with Gasteiger partial charge in [-0.1, -0.05) is 12.8 Å². The van der Waals surface area contributed by atoms with Crippen molar-refractivity contribution in [1.82, 2.24) is 5.32 Å². The number of carbonyl (C=O) groups is 1. The number of aliphatic hydroxyl groups excluding tert-OH is 1. The van der Waals surface area contributed by atoms with Gasteiger partial charge in [0.1, 0.15) is 11.6 Å². The van der Waals surface area contributed by atoms with E-state index in [9.17, 15) is 18.7 Å². The fourth-order valence-electron chi connectivity index (χ4n) is 2.27. The van der Waals surface area contributed by atoms with Gasteiger partial charge in [-0.25, -0.2) is 8.78 Å². The number of nitrogens with two attached hydrogens (primary N) is 1. The van der Waals surface area contributed by atoms with Crippen molar-refractivity contribution >= 4 is 11.6 Å². The average molecular weight is 270 g/mol. The van der Waals surface area contributed by atoms with Crippen LogP contribution in [0.25, 0.3) is 0 Å². The number of benzene rings is 1. The number of amides is 1. The molecule has 104 valence electrons. The molecule has 6 heteroatoms. The monoisotopic (exact) mass is 270 g/mol. The van der Waals surface area contributed by atoms with Crippen LogP contribution in [0.3, 0.4) is 0 Å². The molecule has 0 bridgehead atoms. The molecule has 2 rings (SSSR count). The normalized spacial score (nSPS) is 23.1. The summed E-state index contributed by atoms with van der Waals surface area (Å²) < 4.78 is 26.5. The van der Waals surface area contributed by atoms with Crippen molar-refractivity contribution in [1.29, 1.82) is 0 Å². The zero-order chi connectivity index (χ0) is 14.0. The Morgan fingerprint density at radius 1 is 1.26 bits per heavy atom. The summed E-state index contributed by atoms with van der Waals surface area (Å²) in [6.07, 6.45) is 2.43. The van der Waals surface area contributed by atoms with E-state index in [2.05, 4.69) is 5.32 Å². The minimum absolute atomic E-state index is 0.282. The molecule has 0 saturated heterocycles. The molecular weight excluding hydrogens is 254 g/mol. The van der Waals surface area contributed by atoms with E-state index >= 15 is 0 Å². The first-order valence-electron chi connectivity index (χ1n) is 6.22. The van der Waals surface area contributed by atoms with Crippen LogP contribution in [0.1, 0.15) is 36.0 Å². The molecule has 2 atom stereocenters. The molecule has 4 N–H and O–H groups in total. The molecule has 1 aliphatic carbocycles. The highest BCUT2D eigenvalue weighted by Gasteiger charge is 2.26. The van der Waals surface area contributed by atoms with Crippen molar-refractivity contribution in [2.75, 3.05) is 5.73 Å². The van der Waals surface area contributed by atoms with Crippen molar-refractivity contribution < 1.29 is 18.7 Å². The first-order valence-corrected chi connectivity index (χ1v) is 6.22. The lowest BCUT2D eigenvalue weighted by Crippen LogP contribution is -2.45. The molecule has 0 aromatic heterocycles. The molecule has 1 fully saturated rings. The van der Waals surface area contributed by atoms with Crippen LogP contribution >= 0.6 is 0 Å². The molecule has 1 aromatic rings. The predicted molar refractivity (Wildman–Crippen MR) is 66.5 cm³/mol. The molecule has 1 saturated carbocycles. The van der Waals surface area contributed by atoms with Gasteiger partial charge in [-0.05, 0) is 18.9 Å². The molecule has 1 aliphatic rings. The van der Waals surface area contributed by atoms with Crippen molar-refractivity contribution in [2.45, 2.75) is 37.8 Å². The maximum absolute atomic E-state index is 13.5. The Balaban J connectivity index is 2.13. The van der Waals surface area contributed by atoms with Gasteiger partial charge in [-0.3, -0.25) is 4.79 Å². The number of hydrogen-bond acceptors (Lipinski definition) is 3. The average Bonchev–Trinajstić information content (AvgIpc) is 2.36. The van der Waals surface area contributed by atoms with Gasteiger partial charge < -0.3 is 16.2 Å². The van der Waals surface area contributed by atoms with Crippen LogP contribution in [-0.2, 0) is 0 Å². The van der Waals surface area contributed by atoms with Crippen LogP contribution in [0.5, 0.6) is 0 Å². The van der Waals surface area contributed by atoms with Gasteiger partial charge in [0.05, 0.1) is 23.4 Å². The van der Waals surface area contributed by atoms with Gasteiger partial charge in [-0.2, -0.15) is 0 Å². The fraction of sp³-hybridized carbons (Fsp3) is 0.462. The van der Waals surface area contributed by atoms with Crippen LogP contribution in [0.4, 0.5) is 14.5 Å². The summed E-state index contributed by atoms with van der Waals surface area (Å²) in [6, 6.07) is 1.16. The molecule has 4 nitrogen and oxygen atoms in total. The first kappa shape index (κ1) is 13.7. The zero-order valence-electron chi connectivity index (χ0n) is 10.3. The Bertz CT molecular complexity index is 494. The lowest BCUT2D eigenvalue weighted by atomic mass is 9.92. The van der Waals surface area contributed by atoms with Crippen LogP contribution in [0.2, 0.25) is 0 Å². The predicted octanol–water partition coefficient (Wildman–Crippen LogP) is 1.58. The zero-order valence-corrected chi connectivity index (χ0v) is 10.3. The van der Waals surface area contributed by atoms with Crippen molar-refractivity contribution in [2.24, 2.45) is 0 Å². The van der Waals surface area contributed by atoms with Crippen LogP contribution in [0, 0.1) is 11.6 Å². The molecule has 0 spiro atoms. The van der Waals surface area contributed by atoms with E-state index in [1.165, 1.54) is 0 Å². The molecule has 1 aromatic carbocycles. The van der Waals surface area contributed by atoms with E-state index in [0.29, 0.717) is 18.9 Å². The van der Waals surface area contributed by atoms with E-state index in [0.717, 1.165) is 18.9 Å². The van der Waals surface area contributed by atoms with E-state index in [-0.39, 0.29) is 11.3 Å². The number of nitrogens with one attached hydrogen (secondary N) is 1. The SMILES string of the molecule is Nc1cc(C(=O)NC2CCCCC2O)c(F)cc1F. The summed E-state index contributed by atoms with van der Waals surface area (Å²) in [4.78, 5) is 11.9. The van der Waals surface area contributed by atoms with Crippen LogP contribution < -0.4 is 11.1 Å². The molecular formula is C13H16F2N2O2. The molecule has 0 radical (unpaired) electrons. The van der Waals surface area contributed by atoms with Gasteiger partial charge in [0, 0.05) is 6.07 Å². The third-order valence-corrected chi connectivity index (χ3v) is 3.38. The lowest BCUT2D eigenvalue weighted by Gasteiger charge is -2.28.